The third-order valence-electron chi connectivity index (χ3n) is 3.72. The second-order valence-electron chi connectivity index (χ2n) is 5.80. The highest BCUT2D eigenvalue weighted by atomic mass is 35.5. The van der Waals surface area contributed by atoms with E-state index >= 15 is 0 Å². The Morgan fingerprint density at radius 3 is 2.58 bits per heavy atom. The molecule has 0 radical (unpaired) electrons. The molecule has 2 aromatic rings. The molecule has 1 amide bonds. The maximum absolute atomic E-state index is 12.6. The number of esters is 1. The van der Waals surface area contributed by atoms with Gasteiger partial charge in [0.15, 0.2) is 6.61 Å². The number of rotatable bonds is 8. The van der Waals surface area contributed by atoms with Crippen LogP contribution in [0.15, 0.2) is 48.8 Å². The van der Waals surface area contributed by atoms with Crippen molar-refractivity contribution in [3.8, 4) is 5.75 Å². The van der Waals surface area contributed by atoms with Gasteiger partial charge in [-0.15, -0.1) is 0 Å². The highest BCUT2D eigenvalue weighted by molar-refractivity contribution is 6.30. The Hall–Kier alpha value is -2.60. The van der Waals surface area contributed by atoms with E-state index < -0.39 is 5.92 Å². The number of nitrogens with zero attached hydrogens (tertiary/aromatic N) is 2. The number of amides is 1. The van der Waals surface area contributed by atoms with Crippen LogP contribution in [0.25, 0.3) is 0 Å². The molecule has 26 heavy (non-hydrogen) atoms. The summed E-state index contributed by atoms with van der Waals surface area (Å²) in [5.74, 6) is -0.506. The highest BCUT2D eigenvalue weighted by Crippen LogP contribution is 2.16. The van der Waals surface area contributed by atoms with Crippen LogP contribution in [-0.2, 0) is 20.9 Å². The predicted octanol–water partition coefficient (Wildman–Crippen LogP) is 2.95. The largest absolute Gasteiger partial charge is 0.484 e. The fraction of sp³-hybridized carbons (Fsp3) is 0.316. The van der Waals surface area contributed by atoms with Crippen LogP contribution < -0.4 is 4.74 Å². The van der Waals surface area contributed by atoms with Gasteiger partial charge in [0.2, 0.25) is 0 Å². The Morgan fingerprint density at radius 2 is 1.96 bits per heavy atom. The van der Waals surface area contributed by atoms with Crippen LogP contribution in [0.2, 0.25) is 5.02 Å². The molecular weight excluding hydrogens is 356 g/mol. The van der Waals surface area contributed by atoms with Gasteiger partial charge in [0, 0.05) is 30.5 Å². The Morgan fingerprint density at radius 1 is 1.23 bits per heavy atom. The molecule has 0 bridgehead atoms. The zero-order valence-electron chi connectivity index (χ0n) is 14.7. The number of ether oxygens (including phenoxy) is 2. The summed E-state index contributed by atoms with van der Waals surface area (Å²) in [6.07, 6.45) is 3.35. The molecule has 0 saturated carbocycles. The average molecular weight is 377 g/mol. The smallest absolute Gasteiger partial charge is 0.310 e. The maximum atomic E-state index is 12.6. The van der Waals surface area contributed by atoms with Crippen molar-refractivity contribution in [2.45, 2.75) is 13.5 Å². The number of hydrogen-bond acceptors (Lipinski definition) is 5. The molecular formula is C19H21ClN2O4. The zero-order valence-corrected chi connectivity index (χ0v) is 15.5. The van der Waals surface area contributed by atoms with E-state index in [2.05, 4.69) is 4.98 Å². The number of hydrogen-bond donors (Lipinski definition) is 0. The van der Waals surface area contributed by atoms with Gasteiger partial charge >= 0.3 is 5.97 Å². The topological polar surface area (TPSA) is 68.7 Å². The minimum absolute atomic E-state index is 0.143. The van der Waals surface area contributed by atoms with Crippen LogP contribution in [0, 0.1) is 5.92 Å². The molecule has 0 aliphatic heterocycles. The van der Waals surface area contributed by atoms with Crippen LogP contribution >= 0.6 is 11.6 Å². The Labute approximate surface area is 157 Å². The molecule has 0 saturated heterocycles. The summed E-state index contributed by atoms with van der Waals surface area (Å²) in [7, 11) is 1.33. The molecule has 2 rings (SSSR count). The van der Waals surface area contributed by atoms with E-state index in [9.17, 15) is 9.59 Å². The van der Waals surface area contributed by atoms with Crippen molar-refractivity contribution in [1.29, 1.82) is 0 Å². The molecule has 7 heteroatoms. The maximum Gasteiger partial charge on any atom is 0.310 e. The molecule has 0 fully saturated rings. The van der Waals surface area contributed by atoms with E-state index in [0.717, 1.165) is 5.56 Å². The van der Waals surface area contributed by atoms with Crippen LogP contribution in [0.3, 0.4) is 0 Å². The molecule has 1 aromatic carbocycles. The van der Waals surface area contributed by atoms with Crippen LogP contribution in [0.5, 0.6) is 5.75 Å². The molecule has 1 unspecified atom stereocenters. The van der Waals surface area contributed by atoms with Gasteiger partial charge < -0.3 is 14.4 Å². The summed E-state index contributed by atoms with van der Waals surface area (Å²) in [4.78, 5) is 30.0. The number of pyridine rings is 1. The molecule has 1 heterocycles. The summed E-state index contributed by atoms with van der Waals surface area (Å²) in [6.45, 7) is 2.13. The molecule has 0 aliphatic rings. The SMILES string of the molecule is COC(=O)C(C)CN(Cc1cccnc1)C(=O)COc1ccc(Cl)cc1. The summed E-state index contributed by atoms with van der Waals surface area (Å²) in [5, 5.41) is 0.591. The standard InChI is InChI=1S/C19H21ClN2O4/c1-14(19(24)25-2)11-22(12-15-4-3-9-21-10-15)18(23)13-26-17-7-5-16(20)6-8-17/h3-10,14H,11-13H2,1-2H3. The lowest BCUT2D eigenvalue weighted by Gasteiger charge is -2.25. The number of benzene rings is 1. The van der Waals surface area contributed by atoms with Crippen molar-refractivity contribution < 1.29 is 19.1 Å². The second kappa shape index (κ2) is 9.77. The van der Waals surface area contributed by atoms with Gasteiger partial charge in [-0.2, -0.15) is 0 Å². The van der Waals surface area contributed by atoms with Crippen molar-refractivity contribution in [2.24, 2.45) is 5.92 Å². The minimum atomic E-state index is -0.448. The van der Waals surface area contributed by atoms with Gasteiger partial charge in [0.1, 0.15) is 5.75 Å². The summed E-state index contributed by atoms with van der Waals surface area (Å²) in [6, 6.07) is 10.4. The fourth-order valence-electron chi connectivity index (χ4n) is 2.34. The summed E-state index contributed by atoms with van der Waals surface area (Å²) in [5.41, 5.74) is 0.865. The van der Waals surface area contributed by atoms with Gasteiger partial charge in [-0.25, -0.2) is 0 Å². The lowest BCUT2D eigenvalue weighted by Crippen LogP contribution is -2.39. The molecule has 1 atom stereocenters. The van der Waals surface area contributed by atoms with E-state index in [4.69, 9.17) is 21.1 Å². The van der Waals surface area contributed by atoms with E-state index in [1.165, 1.54) is 7.11 Å². The fourth-order valence-corrected chi connectivity index (χ4v) is 2.47. The molecule has 0 N–H and O–H groups in total. The van der Waals surface area contributed by atoms with Gasteiger partial charge in [-0.05, 0) is 35.9 Å². The van der Waals surface area contributed by atoms with Crippen molar-refractivity contribution in [1.82, 2.24) is 9.88 Å². The number of aromatic nitrogens is 1. The van der Waals surface area contributed by atoms with Crippen molar-refractivity contribution in [3.63, 3.8) is 0 Å². The van der Waals surface area contributed by atoms with Gasteiger partial charge in [-0.1, -0.05) is 24.6 Å². The van der Waals surface area contributed by atoms with E-state index in [0.29, 0.717) is 17.3 Å². The summed E-state index contributed by atoms with van der Waals surface area (Å²) < 4.78 is 10.3. The first-order chi connectivity index (χ1) is 12.5. The van der Waals surface area contributed by atoms with Gasteiger partial charge in [0.25, 0.3) is 5.91 Å². The Bertz CT molecular complexity index is 722. The molecule has 1 aromatic heterocycles. The third kappa shape index (κ3) is 6.04. The van der Waals surface area contributed by atoms with Crippen LogP contribution in [-0.4, -0.2) is 42.0 Å². The van der Waals surface area contributed by atoms with Crippen molar-refractivity contribution in [2.75, 3.05) is 20.3 Å². The van der Waals surface area contributed by atoms with E-state index in [1.54, 1.807) is 54.5 Å². The first kappa shape index (κ1) is 19.7. The molecule has 0 spiro atoms. The Kier molecular flexibility index (Phi) is 7.41. The molecule has 0 aliphatic carbocycles. The highest BCUT2D eigenvalue weighted by Gasteiger charge is 2.22. The van der Waals surface area contributed by atoms with Crippen molar-refractivity contribution in [3.05, 3.63) is 59.4 Å². The average Bonchev–Trinajstić information content (AvgIpc) is 2.66. The monoisotopic (exact) mass is 376 g/mol. The minimum Gasteiger partial charge on any atom is -0.484 e. The molecule has 138 valence electrons. The normalized spacial score (nSPS) is 11.5. The lowest BCUT2D eigenvalue weighted by atomic mass is 10.1. The third-order valence-corrected chi connectivity index (χ3v) is 3.97. The quantitative estimate of drug-likeness (QED) is 0.662. The number of carbonyl (C=O) groups is 2. The van der Waals surface area contributed by atoms with Crippen LogP contribution in [0.4, 0.5) is 0 Å². The number of carbonyl (C=O) groups excluding carboxylic acids is 2. The molecule has 6 nitrogen and oxygen atoms in total. The number of halogens is 1. The van der Waals surface area contributed by atoms with Gasteiger partial charge in [-0.3, -0.25) is 14.6 Å². The van der Waals surface area contributed by atoms with Crippen molar-refractivity contribution >= 4 is 23.5 Å². The first-order valence-corrected chi connectivity index (χ1v) is 8.50. The second-order valence-corrected chi connectivity index (χ2v) is 6.24. The first-order valence-electron chi connectivity index (χ1n) is 8.12. The van der Waals surface area contributed by atoms with Crippen LogP contribution in [0.1, 0.15) is 12.5 Å². The van der Waals surface area contributed by atoms with E-state index in [1.807, 2.05) is 6.07 Å². The number of methoxy groups -OCH3 is 1. The van der Waals surface area contributed by atoms with E-state index in [-0.39, 0.29) is 25.0 Å². The predicted molar refractivity (Wildman–Crippen MR) is 97.8 cm³/mol. The zero-order chi connectivity index (χ0) is 18.9. The summed E-state index contributed by atoms with van der Waals surface area (Å²) >= 11 is 5.84. The van der Waals surface area contributed by atoms with Gasteiger partial charge in [0.05, 0.1) is 13.0 Å². The Balaban J connectivity index is 2.04. The lowest BCUT2D eigenvalue weighted by molar-refractivity contribution is -0.147.